The Balaban J connectivity index is 1.88. The van der Waals surface area contributed by atoms with Gasteiger partial charge in [0.15, 0.2) is 0 Å². The molecule has 1 aromatic carbocycles. The fourth-order valence-corrected chi connectivity index (χ4v) is 2.95. The van der Waals surface area contributed by atoms with Gasteiger partial charge in [-0.25, -0.2) is 0 Å². The SMILES string of the molecule is COc1ccc(CCN2CCCCC2C(C)N)cc1. The molecule has 1 aliphatic heterocycles. The molecule has 2 atom stereocenters. The predicted molar refractivity (Wildman–Crippen MR) is 79.6 cm³/mol. The number of rotatable bonds is 5. The lowest BCUT2D eigenvalue weighted by atomic mass is 9.96. The number of methoxy groups -OCH3 is 1. The highest BCUT2D eigenvalue weighted by Gasteiger charge is 2.24. The molecule has 2 rings (SSSR count). The molecule has 3 nitrogen and oxygen atoms in total. The van der Waals surface area contributed by atoms with Crippen LogP contribution >= 0.6 is 0 Å². The van der Waals surface area contributed by atoms with Gasteiger partial charge in [-0.2, -0.15) is 0 Å². The zero-order valence-corrected chi connectivity index (χ0v) is 12.1. The molecule has 2 unspecified atom stereocenters. The van der Waals surface area contributed by atoms with E-state index in [9.17, 15) is 0 Å². The first kappa shape index (κ1) is 14.4. The molecule has 0 saturated carbocycles. The fraction of sp³-hybridized carbons (Fsp3) is 0.625. The minimum absolute atomic E-state index is 0.274. The van der Waals surface area contributed by atoms with Gasteiger partial charge in [0.2, 0.25) is 0 Å². The van der Waals surface area contributed by atoms with Crippen LogP contribution < -0.4 is 10.5 Å². The van der Waals surface area contributed by atoms with Crippen molar-refractivity contribution in [3.05, 3.63) is 29.8 Å². The number of benzene rings is 1. The molecule has 0 aliphatic carbocycles. The van der Waals surface area contributed by atoms with Gasteiger partial charge in [0, 0.05) is 18.6 Å². The second kappa shape index (κ2) is 6.92. The van der Waals surface area contributed by atoms with Crippen molar-refractivity contribution in [3.8, 4) is 5.75 Å². The summed E-state index contributed by atoms with van der Waals surface area (Å²) in [6.07, 6.45) is 4.98. The van der Waals surface area contributed by atoms with E-state index in [2.05, 4.69) is 24.0 Å². The highest BCUT2D eigenvalue weighted by molar-refractivity contribution is 5.27. The Bertz CT molecular complexity index is 375. The Kier molecular flexibility index (Phi) is 5.23. The van der Waals surface area contributed by atoms with Crippen molar-refractivity contribution >= 4 is 0 Å². The number of hydrogen-bond donors (Lipinski definition) is 1. The third kappa shape index (κ3) is 3.95. The molecule has 0 aromatic heterocycles. The van der Waals surface area contributed by atoms with Crippen LogP contribution in [0.3, 0.4) is 0 Å². The predicted octanol–water partition coefficient (Wildman–Crippen LogP) is 2.44. The minimum Gasteiger partial charge on any atom is -0.497 e. The molecule has 1 aliphatic rings. The Morgan fingerprint density at radius 1 is 1.32 bits per heavy atom. The summed E-state index contributed by atoms with van der Waals surface area (Å²) < 4.78 is 5.19. The smallest absolute Gasteiger partial charge is 0.118 e. The van der Waals surface area contributed by atoms with E-state index in [0.717, 1.165) is 18.7 Å². The second-order valence-electron chi connectivity index (χ2n) is 5.56. The maximum Gasteiger partial charge on any atom is 0.118 e. The van der Waals surface area contributed by atoms with Crippen LogP contribution in [0.1, 0.15) is 31.7 Å². The van der Waals surface area contributed by atoms with Crippen LogP contribution in [0.15, 0.2) is 24.3 Å². The lowest BCUT2D eigenvalue weighted by Gasteiger charge is -2.38. The van der Waals surface area contributed by atoms with Crippen molar-refractivity contribution in [1.29, 1.82) is 0 Å². The first-order valence-electron chi connectivity index (χ1n) is 7.33. The molecule has 1 aromatic rings. The van der Waals surface area contributed by atoms with Gasteiger partial charge in [0.1, 0.15) is 5.75 Å². The lowest BCUT2D eigenvalue weighted by molar-refractivity contribution is 0.132. The summed E-state index contributed by atoms with van der Waals surface area (Å²) in [5.41, 5.74) is 7.48. The van der Waals surface area contributed by atoms with E-state index < -0.39 is 0 Å². The summed E-state index contributed by atoms with van der Waals surface area (Å²) in [6, 6.07) is 9.22. The monoisotopic (exact) mass is 262 g/mol. The summed E-state index contributed by atoms with van der Waals surface area (Å²) in [6.45, 7) is 4.44. The maximum atomic E-state index is 6.11. The molecule has 2 N–H and O–H groups in total. The Hall–Kier alpha value is -1.06. The molecule has 0 bridgehead atoms. The quantitative estimate of drug-likeness (QED) is 0.886. The first-order chi connectivity index (χ1) is 9.20. The second-order valence-corrected chi connectivity index (χ2v) is 5.56. The molecular weight excluding hydrogens is 236 g/mol. The number of ether oxygens (including phenoxy) is 1. The minimum atomic E-state index is 0.274. The normalized spacial score (nSPS) is 22.2. The van der Waals surface area contributed by atoms with Crippen molar-refractivity contribution in [2.75, 3.05) is 20.2 Å². The number of likely N-dealkylation sites (tertiary alicyclic amines) is 1. The van der Waals surface area contributed by atoms with Gasteiger partial charge >= 0.3 is 0 Å². The molecule has 1 heterocycles. The van der Waals surface area contributed by atoms with Crippen molar-refractivity contribution in [1.82, 2.24) is 4.90 Å². The molecular formula is C16H26N2O. The fourth-order valence-electron chi connectivity index (χ4n) is 2.95. The molecule has 0 amide bonds. The lowest BCUT2D eigenvalue weighted by Crippen LogP contribution is -2.49. The van der Waals surface area contributed by atoms with Gasteiger partial charge in [0.25, 0.3) is 0 Å². The first-order valence-corrected chi connectivity index (χ1v) is 7.33. The molecule has 0 spiro atoms. The van der Waals surface area contributed by atoms with E-state index in [1.54, 1.807) is 7.11 Å². The van der Waals surface area contributed by atoms with Gasteiger partial charge in [-0.3, -0.25) is 4.90 Å². The third-order valence-electron chi connectivity index (χ3n) is 4.12. The van der Waals surface area contributed by atoms with Crippen molar-refractivity contribution < 1.29 is 4.74 Å². The highest BCUT2D eigenvalue weighted by atomic mass is 16.5. The van der Waals surface area contributed by atoms with E-state index in [4.69, 9.17) is 10.5 Å². The third-order valence-corrected chi connectivity index (χ3v) is 4.12. The highest BCUT2D eigenvalue weighted by Crippen LogP contribution is 2.20. The topological polar surface area (TPSA) is 38.5 Å². The summed E-state index contributed by atoms with van der Waals surface area (Å²) >= 11 is 0. The molecule has 106 valence electrons. The van der Waals surface area contributed by atoms with Crippen molar-refractivity contribution in [2.45, 2.75) is 44.7 Å². The van der Waals surface area contributed by atoms with Crippen LogP contribution in [0.5, 0.6) is 5.75 Å². The van der Waals surface area contributed by atoms with Crippen molar-refractivity contribution in [2.24, 2.45) is 5.73 Å². The van der Waals surface area contributed by atoms with Crippen LogP contribution in [0.2, 0.25) is 0 Å². The van der Waals surface area contributed by atoms with E-state index in [1.165, 1.54) is 31.4 Å². The van der Waals surface area contributed by atoms with Crippen LogP contribution in [-0.2, 0) is 6.42 Å². The Labute approximate surface area is 116 Å². The molecule has 3 heteroatoms. The number of hydrogen-bond acceptors (Lipinski definition) is 3. The molecule has 1 fully saturated rings. The summed E-state index contributed by atoms with van der Waals surface area (Å²) in [4.78, 5) is 2.57. The number of piperidine rings is 1. The van der Waals surface area contributed by atoms with Gasteiger partial charge in [-0.1, -0.05) is 18.6 Å². The van der Waals surface area contributed by atoms with Crippen LogP contribution in [0.4, 0.5) is 0 Å². The average molecular weight is 262 g/mol. The van der Waals surface area contributed by atoms with Gasteiger partial charge in [0.05, 0.1) is 7.11 Å². The van der Waals surface area contributed by atoms with Crippen LogP contribution in [-0.4, -0.2) is 37.2 Å². The standard InChI is InChI=1S/C16H26N2O/c1-13(17)16-5-3-4-11-18(16)12-10-14-6-8-15(19-2)9-7-14/h6-9,13,16H,3-5,10-12,17H2,1-2H3. The van der Waals surface area contributed by atoms with Crippen LogP contribution in [0, 0.1) is 0 Å². The van der Waals surface area contributed by atoms with E-state index in [-0.39, 0.29) is 6.04 Å². The zero-order chi connectivity index (χ0) is 13.7. The van der Waals surface area contributed by atoms with Gasteiger partial charge in [-0.05, 0) is 50.4 Å². The van der Waals surface area contributed by atoms with Crippen molar-refractivity contribution in [3.63, 3.8) is 0 Å². The Morgan fingerprint density at radius 3 is 2.68 bits per heavy atom. The molecule has 1 saturated heterocycles. The van der Waals surface area contributed by atoms with Gasteiger partial charge in [-0.15, -0.1) is 0 Å². The Morgan fingerprint density at radius 2 is 2.05 bits per heavy atom. The molecule has 19 heavy (non-hydrogen) atoms. The average Bonchev–Trinajstić information content (AvgIpc) is 2.46. The number of nitrogens with zero attached hydrogens (tertiary/aromatic N) is 1. The van der Waals surface area contributed by atoms with Crippen LogP contribution in [0.25, 0.3) is 0 Å². The summed E-state index contributed by atoms with van der Waals surface area (Å²) in [5, 5.41) is 0. The number of nitrogens with two attached hydrogens (primary N) is 1. The maximum absolute atomic E-state index is 6.11. The summed E-state index contributed by atoms with van der Waals surface area (Å²) in [5.74, 6) is 0.926. The largest absolute Gasteiger partial charge is 0.497 e. The van der Waals surface area contributed by atoms with E-state index >= 15 is 0 Å². The van der Waals surface area contributed by atoms with Gasteiger partial charge < -0.3 is 10.5 Å². The van der Waals surface area contributed by atoms with E-state index in [1.807, 2.05) is 12.1 Å². The summed E-state index contributed by atoms with van der Waals surface area (Å²) in [7, 11) is 1.70. The molecule has 0 radical (unpaired) electrons. The van der Waals surface area contributed by atoms with E-state index in [0.29, 0.717) is 6.04 Å². The zero-order valence-electron chi connectivity index (χ0n) is 12.1.